The third kappa shape index (κ3) is 5.69. The molecule has 9 aromatic rings. The first-order chi connectivity index (χ1) is 28.4. The average Bonchev–Trinajstić information content (AvgIpc) is 3.64. The maximum Gasteiger partial charge on any atom is 0.164 e. The predicted octanol–water partition coefficient (Wildman–Crippen LogP) is 12.2. The van der Waals surface area contributed by atoms with E-state index in [1.807, 2.05) is 48.5 Å². The molecule has 0 aliphatic carbocycles. The van der Waals surface area contributed by atoms with Gasteiger partial charge in [0.1, 0.15) is 0 Å². The van der Waals surface area contributed by atoms with Crippen LogP contribution in [-0.2, 0) is 0 Å². The zero-order valence-electron chi connectivity index (χ0n) is 35.7. The summed E-state index contributed by atoms with van der Waals surface area (Å²) in [6, 6.07) is 33.4. The molecule has 0 saturated heterocycles. The fraction of sp³-hybridized carbons (Fsp3) is 0. The van der Waals surface area contributed by atoms with Gasteiger partial charge in [-0.25, -0.2) is 15.0 Å². The lowest BCUT2D eigenvalue weighted by atomic mass is 9.93. The van der Waals surface area contributed by atoms with Crippen LogP contribution in [0.25, 0.3) is 87.7 Å². The first-order valence-corrected chi connectivity index (χ1v) is 16.3. The minimum absolute atomic E-state index is 0.0230. The van der Waals surface area contributed by atoms with Crippen molar-refractivity contribution in [3.8, 4) is 67.5 Å². The minimum atomic E-state index is -0.596. The van der Waals surface area contributed by atoms with Crippen LogP contribution in [0.1, 0.15) is 13.7 Å². The second-order valence-electron chi connectivity index (χ2n) is 11.4. The quantitative estimate of drug-likeness (QED) is 0.179. The largest absolute Gasteiger partial charge is 0.208 e. The fourth-order valence-electron chi connectivity index (χ4n) is 5.94. The van der Waals surface area contributed by atoms with E-state index in [2.05, 4.69) is 75.6 Å². The Morgan fingerprint density at radius 3 is 1.39 bits per heavy atom. The van der Waals surface area contributed by atoms with Crippen LogP contribution in [0.4, 0.5) is 0 Å². The van der Waals surface area contributed by atoms with E-state index < -0.39 is 60.4 Å². The molecular weight excluding hydrogens is 615 g/mol. The van der Waals surface area contributed by atoms with E-state index in [0.29, 0.717) is 5.56 Å². The van der Waals surface area contributed by atoms with E-state index in [1.54, 1.807) is 17.4 Å². The predicted molar refractivity (Wildman–Crippen MR) is 205 cm³/mol. The van der Waals surface area contributed by atoms with Crippen LogP contribution in [0, 0.1) is 0 Å². The highest BCUT2D eigenvalue weighted by Crippen LogP contribution is 2.40. The van der Waals surface area contributed by atoms with E-state index in [9.17, 15) is 0 Å². The maximum absolute atomic E-state index is 8.63. The Balaban J connectivity index is 1.21. The molecule has 0 radical (unpaired) electrons. The van der Waals surface area contributed by atoms with E-state index >= 15 is 0 Å². The number of fused-ring (bicyclic) bond motifs is 3. The van der Waals surface area contributed by atoms with Crippen molar-refractivity contribution in [1.29, 1.82) is 0 Å². The van der Waals surface area contributed by atoms with Crippen molar-refractivity contribution in [2.75, 3.05) is 0 Å². The molecule has 0 unspecified atom stereocenters. The molecule has 0 aliphatic heterocycles. The lowest BCUT2D eigenvalue weighted by Crippen LogP contribution is -1.99. The van der Waals surface area contributed by atoms with E-state index in [-0.39, 0.29) is 28.6 Å². The van der Waals surface area contributed by atoms with Gasteiger partial charge < -0.3 is 0 Å². The summed E-state index contributed by atoms with van der Waals surface area (Å²) in [5.74, 6) is -0.583. The lowest BCUT2D eigenvalue weighted by molar-refractivity contribution is 1.07. The molecule has 0 N–H and O–H groups in total. The second kappa shape index (κ2) is 12.4. The van der Waals surface area contributed by atoms with E-state index in [4.69, 9.17) is 13.7 Å². The highest BCUT2D eigenvalue weighted by atomic mass is 32.1. The molecule has 4 heteroatoms. The number of rotatable bonds is 6. The van der Waals surface area contributed by atoms with Crippen molar-refractivity contribution in [3.05, 3.63) is 176 Å². The Hall–Kier alpha value is -6.23. The molecule has 0 aliphatic rings. The summed E-state index contributed by atoms with van der Waals surface area (Å²) in [6.45, 7) is 0. The molecule has 0 amide bonds. The Morgan fingerprint density at radius 2 is 0.837 bits per heavy atom. The van der Waals surface area contributed by atoms with Crippen molar-refractivity contribution in [1.82, 2.24) is 15.0 Å². The Labute approximate surface area is 302 Å². The first-order valence-electron chi connectivity index (χ1n) is 20.5. The molecule has 0 fully saturated rings. The van der Waals surface area contributed by atoms with Gasteiger partial charge in [0, 0.05) is 36.9 Å². The zero-order valence-corrected chi connectivity index (χ0v) is 26.5. The van der Waals surface area contributed by atoms with Crippen LogP contribution < -0.4 is 0 Å². The molecule has 0 bridgehead atoms. The molecule has 49 heavy (non-hydrogen) atoms. The molecule has 7 aromatic carbocycles. The smallest absolute Gasteiger partial charge is 0.164 e. The second-order valence-corrected chi connectivity index (χ2v) is 12.4. The van der Waals surface area contributed by atoms with Gasteiger partial charge in [0.2, 0.25) is 0 Å². The van der Waals surface area contributed by atoms with Gasteiger partial charge in [-0.3, -0.25) is 0 Å². The third-order valence-corrected chi connectivity index (χ3v) is 9.43. The molecule has 0 saturated carbocycles. The van der Waals surface area contributed by atoms with Gasteiger partial charge in [0.05, 0.1) is 13.7 Å². The summed E-state index contributed by atoms with van der Waals surface area (Å²) >= 11 is 1.56. The summed E-state index contributed by atoms with van der Waals surface area (Å²) in [7, 11) is 0. The number of nitrogens with zero attached hydrogens (tertiary/aromatic N) is 3. The number of hydrogen-bond donors (Lipinski definition) is 0. The van der Waals surface area contributed by atoms with Gasteiger partial charge in [0.15, 0.2) is 17.5 Å². The van der Waals surface area contributed by atoms with E-state index in [0.717, 1.165) is 53.6 Å². The van der Waals surface area contributed by atoms with Crippen molar-refractivity contribution < 1.29 is 13.7 Å². The fourth-order valence-corrected chi connectivity index (χ4v) is 7.06. The standard InChI is InChI=1S/C45H29N3S/c1-5-13-30(14-6-1)36-25-37(31-15-7-2-8-16-31)27-38(26-36)34-22-24-41-40(28-34)39-23-21-35(29-42(39)49-41)45-47-43(32-17-9-3-10-18-32)46-44(48-45)33-19-11-4-12-20-33/h1-29H/i3D,4D,9D,10D,11D,12D,17D,18D,19D,20D. The van der Waals surface area contributed by atoms with Crippen LogP contribution in [-0.4, -0.2) is 15.0 Å². The topological polar surface area (TPSA) is 38.7 Å². The molecule has 3 nitrogen and oxygen atoms in total. The van der Waals surface area contributed by atoms with Crippen molar-refractivity contribution >= 4 is 31.5 Å². The summed E-state index contributed by atoms with van der Waals surface area (Å²) in [5, 5.41) is 2.01. The normalized spacial score (nSPS) is 14.1. The highest BCUT2D eigenvalue weighted by Gasteiger charge is 2.15. The van der Waals surface area contributed by atoms with Crippen LogP contribution in [0.5, 0.6) is 0 Å². The monoisotopic (exact) mass is 653 g/mol. The van der Waals surface area contributed by atoms with Gasteiger partial charge >= 0.3 is 0 Å². The molecule has 9 rings (SSSR count). The summed E-state index contributed by atoms with van der Waals surface area (Å²) in [6.07, 6.45) is 0. The number of benzene rings is 7. The average molecular weight is 654 g/mol. The van der Waals surface area contributed by atoms with Gasteiger partial charge in [-0.2, -0.15) is 0 Å². The highest BCUT2D eigenvalue weighted by molar-refractivity contribution is 7.25. The number of thiophene rings is 1. The summed E-state index contributed by atoms with van der Waals surface area (Å²) in [5.41, 5.74) is 6.40. The SMILES string of the molecule is [2H]c1c([2H])c([2H])c(-c2nc(-c3ccc4c(c3)sc3ccc(-c5cc(-c6ccccc6)cc(-c6ccccc6)c5)cc34)nc(-c3c([2H])c([2H])c([2H])c([2H])c3[2H])n2)c([2H])c1[2H]. The zero-order chi connectivity index (χ0) is 41.3. The van der Waals surface area contributed by atoms with Gasteiger partial charge in [-0.15, -0.1) is 11.3 Å². The van der Waals surface area contributed by atoms with Gasteiger partial charge in [-0.05, 0) is 69.8 Å². The Bertz CT molecular complexity index is 2970. The summed E-state index contributed by atoms with van der Waals surface area (Å²) < 4.78 is 85.8. The van der Waals surface area contributed by atoms with Crippen molar-refractivity contribution in [3.63, 3.8) is 0 Å². The first kappa shape index (κ1) is 20.2. The van der Waals surface area contributed by atoms with Crippen molar-refractivity contribution in [2.24, 2.45) is 0 Å². The van der Waals surface area contributed by atoms with Crippen LogP contribution in [0.15, 0.2) is 176 Å². The van der Waals surface area contributed by atoms with Crippen LogP contribution in [0.2, 0.25) is 0 Å². The Morgan fingerprint density at radius 1 is 0.347 bits per heavy atom. The van der Waals surface area contributed by atoms with Gasteiger partial charge in [-0.1, -0.05) is 139 Å². The van der Waals surface area contributed by atoms with Gasteiger partial charge in [0.25, 0.3) is 0 Å². The molecule has 2 heterocycles. The molecule has 230 valence electrons. The minimum Gasteiger partial charge on any atom is -0.208 e. The molecule has 0 atom stereocenters. The number of aromatic nitrogens is 3. The molecule has 0 spiro atoms. The third-order valence-electron chi connectivity index (χ3n) is 8.29. The Kier molecular flexibility index (Phi) is 5.12. The maximum atomic E-state index is 8.63. The summed E-state index contributed by atoms with van der Waals surface area (Å²) in [4.78, 5) is 13.6. The van der Waals surface area contributed by atoms with E-state index in [1.165, 1.54) is 0 Å². The van der Waals surface area contributed by atoms with Crippen molar-refractivity contribution in [2.45, 2.75) is 0 Å². The molecular formula is C45H29N3S. The lowest BCUT2D eigenvalue weighted by Gasteiger charge is -2.11. The van der Waals surface area contributed by atoms with Crippen LogP contribution >= 0.6 is 11.3 Å². The van der Waals surface area contributed by atoms with Crippen LogP contribution in [0.3, 0.4) is 0 Å². The molecule has 2 aromatic heterocycles. The number of hydrogen-bond acceptors (Lipinski definition) is 4.